The van der Waals surface area contributed by atoms with Crippen molar-refractivity contribution in [2.24, 2.45) is 5.10 Å². The third kappa shape index (κ3) is 4.07. The van der Waals surface area contributed by atoms with Gasteiger partial charge in [-0.1, -0.05) is 0 Å². The van der Waals surface area contributed by atoms with Gasteiger partial charge in [0.05, 0.1) is 19.6 Å². The molecule has 6 heteroatoms. The Morgan fingerprint density at radius 2 is 2.00 bits per heavy atom. The van der Waals surface area contributed by atoms with Crippen LogP contribution in [0.5, 0.6) is 11.5 Å². The van der Waals surface area contributed by atoms with E-state index in [0.29, 0.717) is 23.6 Å². The minimum atomic E-state index is -0.564. The zero-order valence-electron chi connectivity index (χ0n) is 15.3. The SMILES string of the molecule is COc1cc(/C=N\N2[C@H](C)CCC[C@H]2C)ccc1OC(=O)c1ccco1. The molecule has 138 valence electrons. The van der Waals surface area contributed by atoms with Gasteiger partial charge >= 0.3 is 5.97 Å². The van der Waals surface area contributed by atoms with Crippen LogP contribution in [0.1, 0.15) is 49.2 Å². The number of rotatable bonds is 5. The van der Waals surface area contributed by atoms with Crippen molar-refractivity contribution in [3.8, 4) is 11.5 Å². The van der Waals surface area contributed by atoms with Crippen molar-refractivity contribution >= 4 is 12.2 Å². The van der Waals surface area contributed by atoms with Gasteiger partial charge < -0.3 is 13.9 Å². The van der Waals surface area contributed by atoms with Crippen LogP contribution < -0.4 is 9.47 Å². The van der Waals surface area contributed by atoms with Crippen molar-refractivity contribution in [2.45, 2.75) is 45.2 Å². The van der Waals surface area contributed by atoms with E-state index < -0.39 is 5.97 Å². The number of piperidine rings is 1. The van der Waals surface area contributed by atoms with Crippen molar-refractivity contribution in [3.05, 3.63) is 47.9 Å². The molecule has 0 unspecified atom stereocenters. The van der Waals surface area contributed by atoms with Crippen LogP contribution >= 0.6 is 0 Å². The molecule has 1 aromatic heterocycles. The summed E-state index contributed by atoms with van der Waals surface area (Å²) in [6.07, 6.45) is 6.81. The Kier molecular flexibility index (Phi) is 5.61. The molecule has 0 spiro atoms. The monoisotopic (exact) mass is 356 g/mol. The molecule has 0 aliphatic carbocycles. The maximum atomic E-state index is 12.0. The first-order valence-corrected chi connectivity index (χ1v) is 8.84. The summed E-state index contributed by atoms with van der Waals surface area (Å²) < 4.78 is 15.8. The summed E-state index contributed by atoms with van der Waals surface area (Å²) in [6.45, 7) is 4.40. The van der Waals surface area contributed by atoms with Crippen molar-refractivity contribution in [1.82, 2.24) is 5.01 Å². The molecule has 26 heavy (non-hydrogen) atoms. The van der Waals surface area contributed by atoms with E-state index in [1.807, 2.05) is 12.3 Å². The lowest BCUT2D eigenvalue weighted by molar-refractivity contribution is 0.0696. The van der Waals surface area contributed by atoms with Gasteiger partial charge in [0.15, 0.2) is 11.5 Å². The molecular weight excluding hydrogens is 332 g/mol. The molecule has 2 heterocycles. The first kappa shape index (κ1) is 18.0. The lowest BCUT2D eigenvalue weighted by atomic mass is 10.00. The molecule has 0 radical (unpaired) electrons. The Balaban J connectivity index is 1.74. The molecule has 1 fully saturated rings. The Hall–Kier alpha value is -2.76. The highest BCUT2D eigenvalue weighted by Gasteiger charge is 2.22. The third-order valence-corrected chi connectivity index (χ3v) is 4.60. The van der Waals surface area contributed by atoms with E-state index in [-0.39, 0.29) is 5.76 Å². The summed E-state index contributed by atoms with van der Waals surface area (Å²) in [6, 6.07) is 9.40. The number of methoxy groups -OCH3 is 1. The zero-order chi connectivity index (χ0) is 18.5. The molecule has 0 N–H and O–H groups in total. The van der Waals surface area contributed by atoms with Crippen LogP contribution in [0, 0.1) is 0 Å². The number of carbonyl (C=O) groups excluding carboxylic acids is 1. The predicted molar refractivity (Wildman–Crippen MR) is 98.9 cm³/mol. The predicted octanol–water partition coefficient (Wildman–Crippen LogP) is 4.10. The second-order valence-electron chi connectivity index (χ2n) is 6.53. The van der Waals surface area contributed by atoms with E-state index in [1.54, 1.807) is 24.3 Å². The lowest BCUT2D eigenvalue weighted by Crippen LogP contribution is -2.39. The number of esters is 1. The van der Waals surface area contributed by atoms with Crippen molar-refractivity contribution in [3.63, 3.8) is 0 Å². The molecule has 0 saturated carbocycles. The van der Waals surface area contributed by atoms with Crippen LogP contribution in [0.15, 0.2) is 46.1 Å². The molecule has 0 amide bonds. The number of furan rings is 1. The van der Waals surface area contributed by atoms with Crippen LogP contribution in [0.4, 0.5) is 0 Å². The third-order valence-electron chi connectivity index (χ3n) is 4.60. The van der Waals surface area contributed by atoms with Crippen LogP contribution in [-0.4, -0.2) is 36.4 Å². The van der Waals surface area contributed by atoms with Gasteiger partial charge in [-0.15, -0.1) is 0 Å². The van der Waals surface area contributed by atoms with Crippen LogP contribution in [0.2, 0.25) is 0 Å². The summed E-state index contributed by atoms with van der Waals surface area (Å²) in [7, 11) is 1.54. The van der Waals surface area contributed by atoms with Crippen molar-refractivity contribution < 1.29 is 18.7 Å². The maximum absolute atomic E-state index is 12.0. The molecule has 1 aliphatic rings. The second-order valence-corrected chi connectivity index (χ2v) is 6.53. The molecule has 2 atom stereocenters. The average molecular weight is 356 g/mol. The highest BCUT2D eigenvalue weighted by molar-refractivity contribution is 5.89. The molecule has 1 saturated heterocycles. The maximum Gasteiger partial charge on any atom is 0.379 e. The van der Waals surface area contributed by atoms with Gasteiger partial charge in [-0.05, 0) is 69.0 Å². The first-order chi connectivity index (χ1) is 12.6. The van der Waals surface area contributed by atoms with Gasteiger partial charge in [-0.25, -0.2) is 4.79 Å². The summed E-state index contributed by atoms with van der Waals surface area (Å²) in [5.41, 5.74) is 0.879. The Labute approximate surface area is 153 Å². The van der Waals surface area contributed by atoms with Crippen LogP contribution in [0.3, 0.4) is 0 Å². The van der Waals surface area contributed by atoms with Gasteiger partial charge in [0.1, 0.15) is 0 Å². The Bertz CT molecular complexity index is 760. The lowest BCUT2D eigenvalue weighted by Gasteiger charge is -2.36. The van der Waals surface area contributed by atoms with E-state index >= 15 is 0 Å². The average Bonchev–Trinajstić information content (AvgIpc) is 3.17. The number of nitrogens with zero attached hydrogens (tertiary/aromatic N) is 2. The number of hydrogen-bond donors (Lipinski definition) is 0. The van der Waals surface area contributed by atoms with Crippen LogP contribution in [-0.2, 0) is 0 Å². The van der Waals surface area contributed by atoms with Gasteiger partial charge in [0.25, 0.3) is 0 Å². The van der Waals surface area contributed by atoms with Gasteiger partial charge in [0.2, 0.25) is 5.76 Å². The number of hydrogen-bond acceptors (Lipinski definition) is 6. The summed E-state index contributed by atoms with van der Waals surface area (Å²) >= 11 is 0. The van der Waals surface area contributed by atoms with E-state index in [4.69, 9.17) is 13.9 Å². The molecule has 3 rings (SSSR count). The highest BCUT2D eigenvalue weighted by atomic mass is 16.6. The Morgan fingerprint density at radius 3 is 2.65 bits per heavy atom. The van der Waals surface area contributed by atoms with Gasteiger partial charge in [-0.3, -0.25) is 5.01 Å². The smallest absolute Gasteiger partial charge is 0.379 e. The van der Waals surface area contributed by atoms with E-state index in [9.17, 15) is 4.79 Å². The largest absolute Gasteiger partial charge is 0.493 e. The molecule has 0 bridgehead atoms. The second kappa shape index (κ2) is 8.08. The van der Waals surface area contributed by atoms with Crippen molar-refractivity contribution in [1.29, 1.82) is 0 Å². The molecule has 1 aliphatic heterocycles. The normalized spacial score (nSPS) is 20.3. The van der Waals surface area contributed by atoms with Crippen molar-refractivity contribution in [2.75, 3.05) is 7.11 Å². The van der Waals surface area contributed by atoms with E-state index in [1.165, 1.54) is 19.8 Å². The summed E-state index contributed by atoms with van der Waals surface area (Å²) in [5, 5.41) is 6.81. The molecular formula is C20H24N2O4. The topological polar surface area (TPSA) is 64.3 Å². The van der Waals surface area contributed by atoms with Gasteiger partial charge in [0, 0.05) is 12.1 Å². The summed E-state index contributed by atoms with van der Waals surface area (Å²) in [5.74, 6) is 0.385. The number of hydrazone groups is 1. The summed E-state index contributed by atoms with van der Waals surface area (Å²) in [4.78, 5) is 12.0. The van der Waals surface area contributed by atoms with E-state index in [0.717, 1.165) is 18.4 Å². The van der Waals surface area contributed by atoms with E-state index in [2.05, 4.69) is 24.0 Å². The minimum Gasteiger partial charge on any atom is -0.493 e. The fourth-order valence-electron chi connectivity index (χ4n) is 3.16. The Morgan fingerprint density at radius 1 is 1.23 bits per heavy atom. The number of benzene rings is 1. The fraction of sp³-hybridized carbons (Fsp3) is 0.400. The standard InChI is InChI=1S/C20H24N2O4/c1-14-6-4-7-15(2)22(14)21-13-16-9-10-17(19(12-16)24-3)26-20(23)18-8-5-11-25-18/h5,8-15H,4,6-7H2,1-3H3/b21-13-/t14-,15-/m1/s1. The van der Waals surface area contributed by atoms with Crippen LogP contribution in [0.25, 0.3) is 0 Å². The molecule has 2 aromatic rings. The fourth-order valence-corrected chi connectivity index (χ4v) is 3.16. The first-order valence-electron chi connectivity index (χ1n) is 8.84. The zero-order valence-corrected chi connectivity index (χ0v) is 15.3. The quantitative estimate of drug-likeness (QED) is 0.458. The molecule has 6 nitrogen and oxygen atoms in total. The molecule has 1 aromatic carbocycles. The number of ether oxygens (including phenoxy) is 2. The van der Waals surface area contributed by atoms with Gasteiger partial charge in [-0.2, -0.15) is 5.10 Å². The highest BCUT2D eigenvalue weighted by Crippen LogP contribution is 2.29. The number of carbonyl (C=O) groups is 1. The minimum absolute atomic E-state index is 0.144.